The number of nitrogens with one attached hydrogen (secondary N) is 2. The van der Waals surface area contributed by atoms with E-state index in [9.17, 15) is 9.59 Å². The number of carbonyl (C=O) groups excluding carboxylic acids is 2. The quantitative estimate of drug-likeness (QED) is 0.714. The molecule has 8 heteroatoms. The van der Waals surface area contributed by atoms with E-state index in [1.165, 1.54) is 0 Å². The van der Waals surface area contributed by atoms with E-state index in [1.54, 1.807) is 35.2 Å². The molecule has 28 heavy (non-hydrogen) atoms. The first-order valence-corrected chi connectivity index (χ1v) is 9.44. The molecule has 4 N–H and O–H groups in total. The van der Waals surface area contributed by atoms with Crippen LogP contribution in [0.1, 0.15) is 18.4 Å². The fourth-order valence-corrected chi connectivity index (χ4v) is 3.18. The number of halogens is 1. The fraction of sp³-hybridized carbons (Fsp3) is 0.300. The number of benzene rings is 2. The number of piperidine rings is 1. The Kier molecular flexibility index (Phi) is 6.26. The van der Waals surface area contributed by atoms with Crippen molar-refractivity contribution in [3.05, 3.63) is 53.1 Å². The Morgan fingerprint density at radius 1 is 1.07 bits per heavy atom. The second kappa shape index (κ2) is 8.84. The van der Waals surface area contributed by atoms with Crippen LogP contribution in [0.25, 0.3) is 0 Å². The summed E-state index contributed by atoms with van der Waals surface area (Å²) in [7, 11) is 0. The normalized spacial score (nSPS) is 14.4. The SMILES string of the molecule is Cc1ccc(NC(=O)N2CCC(Oc3ccc(NC(N)=O)cc3)CC2)cc1Cl. The van der Waals surface area contributed by atoms with Gasteiger partial charge in [-0.1, -0.05) is 17.7 Å². The van der Waals surface area contributed by atoms with Crippen LogP contribution in [0.2, 0.25) is 5.02 Å². The molecule has 7 nitrogen and oxygen atoms in total. The van der Waals surface area contributed by atoms with Crippen molar-refractivity contribution in [3.63, 3.8) is 0 Å². The molecular weight excluding hydrogens is 380 g/mol. The van der Waals surface area contributed by atoms with Crippen LogP contribution in [-0.2, 0) is 0 Å². The number of ether oxygens (including phenoxy) is 1. The number of nitrogens with zero attached hydrogens (tertiary/aromatic N) is 1. The van der Waals surface area contributed by atoms with Crippen LogP contribution in [-0.4, -0.2) is 36.2 Å². The maximum absolute atomic E-state index is 12.4. The van der Waals surface area contributed by atoms with Crippen molar-refractivity contribution in [2.45, 2.75) is 25.9 Å². The van der Waals surface area contributed by atoms with E-state index in [0.717, 1.165) is 18.4 Å². The molecule has 1 aliphatic heterocycles. The van der Waals surface area contributed by atoms with Gasteiger partial charge in [-0.25, -0.2) is 9.59 Å². The number of hydrogen-bond acceptors (Lipinski definition) is 3. The maximum Gasteiger partial charge on any atom is 0.321 e. The molecule has 1 aliphatic rings. The topological polar surface area (TPSA) is 96.7 Å². The number of rotatable bonds is 4. The van der Waals surface area contributed by atoms with Gasteiger partial charge in [0.15, 0.2) is 0 Å². The molecule has 1 heterocycles. The van der Waals surface area contributed by atoms with Gasteiger partial charge < -0.3 is 26.0 Å². The highest BCUT2D eigenvalue weighted by molar-refractivity contribution is 6.31. The van der Waals surface area contributed by atoms with E-state index in [0.29, 0.717) is 35.2 Å². The van der Waals surface area contributed by atoms with Gasteiger partial charge in [0.2, 0.25) is 0 Å². The van der Waals surface area contributed by atoms with Gasteiger partial charge in [-0.15, -0.1) is 0 Å². The first-order chi connectivity index (χ1) is 13.4. The lowest BCUT2D eigenvalue weighted by molar-refractivity contribution is 0.115. The Morgan fingerprint density at radius 2 is 1.71 bits per heavy atom. The molecular formula is C20H23ClN4O3. The zero-order valence-electron chi connectivity index (χ0n) is 15.6. The molecule has 0 atom stereocenters. The number of anilines is 2. The molecule has 1 saturated heterocycles. The Labute approximate surface area is 168 Å². The third kappa shape index (κ3) is 5.29. The summed E-state index contributed by atoms with van der Waals surface area (Å²) in [6.45, 7) is 3.13. The zero-order valence-corrected chi connectivity index (χ0v) is 16.3. The van der Waals surface area contributed by atoms with Crippen molar-refractivity contribution in [1.82, 2.24) is 4.90 Å². The molecule has 0 bridgehead atoms. The van der Waals surface area contributed by atoms with Crippen LogP contribution in [0.5, 0.6) is 5.75 Å². The summed E-state index contributed by atoms with van der Waals surface area (Å²) in [4.78, 5) is 25.1. The lowest BCUT2D eigenvalue weighted by Gasteiger charge is -2.32. The van der Waals surface area contributed by atoms with E-state index >= 15 is 0 Å². The fourth-order valence-electron chi connectivity index (χ4n) is 3.00. The van der Waals surface area contributed by atoms with Crippen molar-refractivity contribution < 1.29 is 14.3 Å². The summed E-state index contributed by atoms with van der Waals surface area (Å²) in [5, 5.41) is 6.01. The molecule has 0 radical (unpaired) electrons. The van der Waals surface area contributed by atoms with Gasteiger partial charge in [-0.3, -0.25) is 0 Å². The van der Waals surface area contributed by atoms with Gasteiger partial charge in [-0.2, -0.15) is 0 Å². The highest BCUT2D eigenvalue weighted by Crippen LogP contribution is 2.23. The monoisotopic (exact) mass is 402 g/mol. The first kappa shape index (κ1) is 19.8. The number of likely N-dealkylation sites (tertiary alicyclic amines) is 1. The molecule has 0 unspecified atom stereocenters. The van der Waals surface area contributed by atoms with Crippen molar-refractivity contribution >= 4 is 35.0 Å². The van der Waals surface area contributed by atoms with E-state index in [4.69, 9.17) is 22.1 Å². The average Bonchev–Trinajstić information content (AvgIpc) is 2.66. The summed E-state index contributed by atoms with van der Waals surface area (Å²) < 4.78 is 5.97. The predicted octanol–water partition coefficient (Wildman–Crippen LogP) is 4.21. The largest absolute Gasteiger partial charge is 0.490 e. The highest BCUT2D eigenvalue weighted by Gasteiger charge is 2.24. The van der Waals surface area contributed by atoms with Crippen LogP contribution in [0.3, 0.4) is 0 Å². The molecule has 1 fully saturated rings. The van der Waals surface area contributed by atoms with Crippen LogP contribution >= 0.6 is 11.6 Å². The standard InChI is InChI=1S/C20H23ClN4O3/c1-13-2-3-15(12-18(13)21)24-20(27)25-10-8-17(9-11-25)28-16-6-4-14(5-7-16)23-19(22)26/h2-7,12,17H,8-11H2,1H3,(H,24,27)(H3,22,23,26). The predicted molar refractivity (Wildman–Crippen MR) is 110 cm³/mol. The summed E-state index contributed by atoms with van der Waals surface area (Å²) >= 11 is 6.11. The zero-order chi connectivity index (χ0) is 20.1. The molecule has 148 valence electrons. The minimum absolute atomic E-state index is 0.0350. The Bertz CT molecular complexity index is 849. The molecule has 2 aromatic rings. The number of hydrogen-bond donors (Lipinski definition) is 3. The molecule has 0 aromatic heterocycles. The summed E-state index contributed by atoms with van der Waals surface area (Å²) in [5.74, 6) is 0.715. The Balaban J connectivity index is 1.47. The Hall–Kier alpha value is -2.93. The van der Waals surface area contributed by atoms with Crippen LogP contribution < -0.4 is 21.1 Å². The number of primary amides is 1. The van der Waals surface area contributed by atoms with Gasteiger partial charge in [0.05, 0.1) is 0 Å². The number of amides is 4. The second-order valence-corrected chi connectivity index (χ2v) is 7.12. The van der Waals surface area contributed by atoms with Gasteiger partial charge in [-0.05, 0) is 48.9 Å². The summed E-state index contributed by atoms with van der Waals surface area (Å²) in [5.41, 5.74) is 7.35. The van der Waals surface area contributed by atoms with E-state index < -0.39 is 6.03 Å². The molecule has 0 saturated carbocycles. The minimum Gasteiger partial charge on any atom is -0.490 e. The van der Waals surface area contributed by atoms with E-state index in [2.05, 4.69) is 10.6 Å². The van der Waals surface area contributed by atoms with Crippen LogP contribution in [0, 0.1) is 6.92 Å². The minimum atomic E-state index is -0.604. The number of carbonyl (C=O) groups is 2. The van der Waals surface area contributed by atoms with Crippen LogP contribution in [0.4, 0.5) is 21.0 Å². The Morgan fingerprint density at radius 3 is 2.32 bits per heavy atom. The van der Waals surface area contributed by atoms with Gasteiger partial charge in [0.1, 0.15) is 11.9 Å². The number of urea groups is 2. The van der Waals surface area contributed by atoms with E-state index in [1.807, 2.05) is 19.1 Å². The molecule has 3 rings (SSSR count). The van der Waals surface area contributed by atoms with Gasteiger partial charge in [0, 0.05) is 42.3 Å². The third-order valence-electron chi connectivity index (χ3n) is 4.58. The number of aryl methyl sites for hydroxylation is 1. The molecule has 0 spiro atoms. The maximum atomic E-state index is 12.4. The third-order valence-corrected chi connectivity index (χ3v) is 4.98. The van der Waals surface area contributed by atoms with Crippen molar-refractivity contribution in [2.75, 3.05) is 23.7 Å². The summed E-state index contributed by atoms with van der Waals surface area (Å²) in [6, 6.07) is 11.8. The smallest absolute Gasteiger partial charge is 0.321 e. The van der Waals surface area contributed by atoms with Crippen molar-refractivity contribution in [3.8, 4) is 5.75 Å². The van der Waals surface area contributed by atoms with E-state index in [-0.39, 0.29) is 12.1 Å². The highest BCUT2D eigenvalue weighted by atomic mass is 35.5. The second-order valence-electron chi connectivity index (χ2n) is 6.71. The lowest BCUT2D eigenvalue weighted by Crippen LogP contribution is -2.43. The van der Waals surface area contributed by atoms with Crippen molar-refractivity contribution in [2.24, 2.45) is 5.73 Å². The lowest BCUT2D eigenvalue weighted by atomic mass is 10.1. The molecule has 4 amide bonds. The first-order valence-electron chi connectivity index (χ1n) is 9.06. The molecule has 0 aliphatic carbocycles. The van der Waals surface area contributed by atoms with Crippen molar-refractivity contribution in [1.29, 1.82) is 0 Å². The molecule has 2 aromatic carbocycles. The average molecular weight is 403 g/mol. The van der Waals surface area contributed by atoms with Crippen LogP contribution in [0.15, 0.2) is 42.5 Å². The van der Waals surface area contributed by atoms with Gasteiger partial charge >= 0.3 is 12.1 Å². The van der Waals surface area contributed by atoms with Gasteiger partial charge in [0.25, 0.3) is 0 Å². The number of nitrogens with two attached hydrogens (primary N) is 1. The summed E-state index contributed by atoms with van der Waals surface area (Å²) in [6.07, 6.45) is 1.51.